The molecule has 102 valence electrons. The summed E-state index contributed by atoms with van der Waals surface area (Å²) in [6.45, 7) is 5.41. The molecule has 1 aromatic carbocycles. The van der Waals surface area contributed by atoms with Gasteiger partial charge in [0.05, 0.1) is 11.5 Å². The van der Waals surface area contributed by atoms with Gasteiger partial charge in [-0.2, -0.15) is 0 Å². The summed E-state index contributed by atoms with van der Waals surface area (Å²) in [5.41, 5.74) is 0.778. The minimum absolute atomic E-state index is 0.0228. The van der Waals surface area contributed by atoms with E-state index in [1.807, 2.05) is 6.92 Å². The van der Waals surface area contributed by atoms with Crippen molar-refractivity contribution in [3.8, 4) is 0 Å². The molecule has 1 aromatic rings. The first-order valence-electron chi connectivity index (χ1n) is 5.85. The van der Waals surface area contributed by atoms with Gasteiger partial charge in [0.25, 0.3) is 0 Å². The highest BCUT2D eigenvalue weighted by Gasteiger charge is 2.14. The van der Waals surface area contributed by atoms with Gasteiger partial charge in [0.1, 0.15) is 0 Å². The summed E-state index contributed by atoms with van der Waals surface area (Å²) in [5, 5.41) is 12.0. The Morgan fingerprint density at radius 2 is 1.72 bits per heavy atom. The summed E-state index contributed by atoms with van der Waals surface area (Å²) in [7, 11) is -3.44. The fraction of sp³-hybridized carbons (Fsp3) is 0.500. The molecule has 0 spiro atoms. The Hall–Kier alpha value is -1.11. The van der Waals surface area contributed by atoms with Crippen LogP contribution in [0.25, 0.3) is 0 Å². The number of sulfonamides is 1. The smallest absolute Gasteiger partial charge is 0.240 e. The van der Waals surface area contributed by atoms with E-state index in [0.29, 0.717) is 0 Å². The van der Waals surface area contributed by atoms with E-state index in [1.165, 1.54) is 12.1 Å². The summed E-state index contributed by atoms with van der Waals surface area (Å²) in [4.78, 5) is 0.235. The number of aliphatic hydroxyl groups excluding tert-OH is 1. The molecule has 1 unspecified atom stereocenters. The average Bonchev–Trinajstić information content (AvgIpc) is 2.28. The van der Waals surface area contributed by atoms with Gasteiger partial charge in [-0.05, 0) is 45.0 Å². The Labute approximate surface area is 108 Å². The van der Waals surface area contributed by atoms with Crippen LogP contribution < -0.4 is 10.0 Å². The lowest BCUT2D eigenvalue weighted by Crippen LogP contribution is -2.30. The van der Waals surface area contributed by atoms with Crippen molar-refractivity contribution in [3.05, 3.63) is 24.3 Å². The minimum Gasteiger partial charge on any atom is -0.394 e. The van der Waals surface area contributed by atoms with E-state index in [2.05, 4.69) is 10.0 Å². The Morgan fingerprint density at radius 1 is 1.17 bits per heavy atom. The second-order valence-electron chi connectivity index (χ2n) is 4.53. The van der Waals surface area contributed by atoms with E-state index >= 15 is 0 Å². The van der Waals surface area contributed by atoms with Gasteiger partial charge in [-0.25, -0.2) is 13.1 Å². The zero-order valence-electron chi connectivity index (χ0n) is 10.8. The number of nitrogens with one attached hydrogen (secondary N) is 2. The van der Waals surface area contributed by atoms with Crippen molar-refractivity contribution >= 4 is 15.7 Å². The van der Waals surface area contributed by atoms with Crippen molar-refractivity contribution in [2.45, 2.75) is 37.8 Å². The molecule has 0 aliphatic rings. The fourth-order valence-corrected chi connectivity index (χ4v) is 2.69. The molecule has 0 fully saturated rings. The van der Waals surface area contributed by atoms with Crippen LogP contribution in [0, 0.1) is 0 Å². The monoisotopic (exact) mass is 272 g/mol. The molecule has 0 radical (unpaired) electrons. The lowest BCUT2D eigenvalue weighted by atomic mass is 10.3. The second kappa shape index (κ2) is 6.17. The van der Waals surface area contributed by atoms with Gasteiger partial charge in [0.15, 0.2) is 0 Å². The maximum absolute atomic E-state index is 11.9. The van der Waals surface area contributed by atoms with E-state index in [4.69, 9.17) is 5.11 Å². The van der Waals surface area contributed by atoms with Crippen LogP contribution in [0.5, 0.6) is 0 Å². The van der Waals surface area contributed by atoms with Crippen molar-refractivity contribution in [3.63, 3.8) is 0 Å². The summed E-state index contributed by atoms with van der Waals surface area (Å²) < 4.78 is 26.2. The average molecular weight is 272 g/mol. The largest absolute Gasteiger partial charge is 0.394 e. The van der Waals surface area contributed by atoms with Crippen LogP contribution in [-0.2, 0) is 10.0 Å². The highest BCUT2D eigenvalue weighted by atomic mass is 32.2. The molecule has 5 nitrogen and oxygen atoms in total. The third-order valence-corrected chi connectivity index (χ3v) is 3.92. The number of benzene rings is 1. The van der Waals surface area contributed by atoms with Crippen molar-refractivity contribution in [2.75, 3.05) is 11.9 Å². The molecule has 0 heterocycles. The first-order valence-corrected chi connectivity index (χ1v) is 7.33. The van der Waals surface area contributed by atoms with Crippen LogP contribution in [0.2, 0.25) is 0 Å². The molecule has 3 N–H and O–H groups in total. The molecule has 0 aromatic heterocycles. The third-order valence-electron chi connectivity index (χ3n) is 2.24. The summed E-state index contributed by atoms with van der Waals surface area (Å²) in [5.74, 6) is 0. The first kappa shape index (κ1) is 14.9. The Balaban J connectivity index is 2.83. The van der Waals surface area contributed by atoms with Gasteiger partial charge in [0, 0.05) is 17.8 Å². The van der Waals surface area contributed by atoms with E-state index in [-0.39, 0.29) is 23.6 Å². The third kappa shape index (κ3) is 4.29. The van der Waals surface area contributed by atoms with Crippen molar-refractivity contribution < 1.29 is 13.5 Å². The minimum atomic E-state index is -3.44. The van der Waals surface area contributed by atoms with Crippen molar-refractivity contribution in [1.29, 1.82) is 0 Å². The number of hydrogen-bond donors (Lipinski definition) is 3. The highest BCUT2D eigenvalue weighted by molar-refractivity contribution is 7.89. The van der Waals surface area contributed by atoms with Crippen LogP contribution in [0.15, 0.2) is 29.2 Å². The van der Waals surface area contributed by atoms with Crippen LogP contribution in [0.3, 0.4) is 0 Å². The molecule has 1 atom stereocenters. The molecule has 0 aliphatic heterocycles. The van der Waals surface area contributed by atoms with Crippen molar-refractivity contribution in [2.24, 2.45) is 0 Å². The molecule has 18 heavy (non-hydrogen) atoms. The van der Waals surface area contributed by atoms with Gasteiger partial charge < -0.3 is 10.4 Å². The van der Waals surface area contributed by atoms with Crippen LogP contribution in [0.1, 0.15) is 20.8 Å². The van der Waals surface area contributed by atoms with Crippen LogP contribution >= 0.6 is 0 Å². The standard InChI is InChI=1S/C12H20N2O3S/c1-9(2)14-18(16,17)12-6-4-11(5-7-12)13-10(3)8-15/h4-7,9-10,13-15H,8H2,1-3H3. The molecular weight excluding hydrogens is 252 g/mol. The van der Waals surface area contributed by atoms with Gasteiger partial charge in [-0.15, -0.1) is 0 Å². The maximum atomic E-state index is 11.9. The molecule has 0 amide bonds. The predicted octanol–water partition coefficient (Wildman–Crippen LogP) is 1.17. The van der Waals surface area contributed by atoms with Gasteiger partial charge in [-0.1, -0.05) is 0 Å². The molecule has 0 saturated heterocycles. The second-order valence-corrected chi connectivity index (χ2v) is 6.24. The SMILES string of the molecule is CC(C)NS(=O)(=O)c1ccc(NC(C)CO)cc1. The molecular formula is C12H20N2O3S. The van der Waals surface area contributed by atoms with E-state index in [9.17, 15) is 8.42 Å². The number of rotatable bonds is 6. The Morgan fingerprint density at radius 3 is 2.17 bits per heavy atom. The summed E-state index contributed by atoms with van der Waals surface area (Å²) >= 11 is 0. The Bertz CT molecular complexity index is 469. The molecule has 0 saturated carbocycles. The Kier molecular flexibility index (Phi) is 5.13. The summed E-state index contributed by atoms with van der Waals surface area (Å²) in [6.07, 6.45) is 0. The van der Waals surface area contributed by atoms with Crippen LogP contribution in [-0.4, -0.2) is 32.2 Å². The lowest BCUT2D eigenvalue weighted by Gasteiger charge is -2.13. The number of aliphatic hydroxyl groups is 1. The normalized spacial score (nSPS) is 13.6. The quantitative estimate of drug-likeness (QED) is 0.726. The van der Waals surface area contributed by atoms with E-state index in [0.717, 1.165) is 5.69 Å². The zero-order valence-corrected chi connectivity index (χ0v) is 11.7. The van der Waals surface area contributed by atoms with E-state index in [1.54, 1.807) is 26.0 Å². The predicted molar refractivity (Wildman–Crippen MR) is 72.1 cm³/mol. The van der Waals surface area contributed by atoms with Gasteiger partial charge in [0.2, 0.25) is 10.0 Å². The fourth-order valence-electron chi connectivity index (χ4n) is 1.44. The lowest BCUT2D eigenvalue weighted by molar-refractivity contribution is 0.281. The van der Waals surface area contributed by atoms with Gasteiger partial charge in [-0.3, -0.25) is 0 Å². The summed E-state index contributed by atoms with van der Waals surface area (Å²) in [6, 6.07) is 6.24. The molecule has 6 heteroatoms. The maximum Gasteiger partial charge on any atom is 0.240 e. The first-order chi connectivity index (χ1) is 8.35. The highest BCUT2D eigenvalue weighted by Crippen LogP contribution is 2.15. The van der Waals surface area contributed by atoms with E-state index < -0.39 is 10.0 Å². The zero-order chi connectivity index (χ0) is 13.8. The number of hydrogen-bond acceptors (Lipinski definition) is 4. The molecule has 0 bridgehead atoms. The topological polar surface area (TPSA) is 78.4 Å². The van der Waals surface area contributed by atoms with Gasteiger partial charge >= 0.3 is 0 Å². The van der Waals surface area contributed by atoms with Crippen molar-refractivity contribution in [1.82, 2.24) is 4.72 Å². The molecule has 1 rings (SSSR count). The number of anilines is 1. The van der Waals surface area contributed by atoms with Crippen LogP contribution in [0.4, 0.5) is 5.69 Å². The molecule has 0 aliphatic carbocycles.